The van der Waals surface area contributed by atoms with E-state index in [-0.39, 0.29) is 41.2 Å². The third-order valence-corrected chi connectivity index (χ3v) is 7.29. The van der Waals surface area contributed by atoms with Gasteiger partial charge in [0, 0.05) is 12.5 Å². The minimum atomic E-state index is -3.59. The van der Waals surface area contributed by atoms with Gasteiger partial charge in [-0.3, -0.25) is 4.79 Å². The van der Waals surface area contributed by atoms with Gasteiger partial charge in [-0.2, -0.15) is 0 Å². The molecule has 2 bridgehead atoms. The van der Waals surface area contributed by atoms with Crippen LogP contribution in [0.25, 0.3) is 0 Å². The Morgan fingerprint density at radius 2 is 1.93 bits per heavy atom. The summed E-state index contributed by atoms with van der Waals surface area (Å²) in [4.78, 5) is 10.8. The number of carboxylic acids is 1. The maximum absolute atomic E-state index is 12.7. The lowest BCUT2D eigenvalue weighted by Crippen LogP contribution is -2.46. The molecule has 0 amide bonds. The Balaban J connectivity index is 1.64. The number of nitrogens with one attached hydrogen (secondary N) is 1. The van der Waals surface area contributed by atoms with Crippen molar-refractivity contribution in [1.82, 2.24) is 4.72 Å². The molecule has 7 heteroatoms. The molecule has 0 heterocycles. The highest BCUT2D eigenvalue weighted by atomic mass is 32.2. The number of carboxylic acid groups (broad SMARTS) is 1. The Hall–Kier alpha value is -1.70. The van der Waals surface area contributed by atoms with Crippen LogP contribution in [0.3, 0.4) is 0 Å². The predicted molar refractivity (Wildman–Crippen MR) is 102 cm³/mol. The number of carbonyl (C=O) groups is 1. The minimum Gasteiger partial charge on any atom is -0.481 e. The zero-order valence-corrected chi connectivity index (χ0v) is 16.0. The highest BCUT2D eigenvalue weighted by molar-refractivity contribution is 7.89. The second-order valence-corrected chi connectivity index (χ2v) is 9.29. The number of sulfonamides is 1. The van der Waals surface area contributed by atoms with Crippen LogP contribution in [0.4, 0.5) is 0 Å². The molecular formula is C20H27NO5S. The lowest BCUT2D eigenvalue weighted by atomic mass is 9.81. The van der Waals surface area contributed by atoms with Crippen LogP contribution in [0.15, 0.2) is 47.4 Å². The number of aliphatic carboxylic acids is 1. The molecule has 1 aromatic rings. The lowest BCUT2D eigenvalue weighted by Gasteiger charge is -2.33. The van der Waals surface area contributed by atoms with E-state index in [1.54, 1.807) is 30.3 Å². The molecule has 5 atom stereocenters. The number of aliphatic hydroxyl groups excluding tert-OH is 1. The molecule has 3 N–H and O–H groups in total. The van der Waals surface area contributed by atoms with Gasteiger partial charge in [0.2, 0.25) is 10.0 Å². The van der Waals surface area contributed by atoms with Gasteiger partial charge in [-0.15, -0.1) is 0 Å². The Kier molecular flexibility index (Phi) is 6.34. The van der Waals surface area contributed by atoms with Crippen molar-refractivity contribution in [2.24, 2.45) is 17.8 Å². The zero-order valence-electron chi connectivity index (χ0n) is 15.2. The highest BCUT2D eigenvalue weighted by Gasteiger charge is 2.52. The first-order valence-corrected chi connectivity index (χ1v) is 11.0. The summed E-state index contributed by atoms with van der Waals surface area (Å²) in [5.41, 5.74) is 0. The van der Waals surface area contributed by atoms with E-state index in [1.165, 1.54) is 0 Å². The number of allylic oxidation sites excluding steroid dienone is 2. The normalized spacial score (nSPS) is 30.2. The van der Waals surface area contributed by atoms with Crippen LogP contribution < -0.4 is 4.72 Å². The van der Waals surface area contributed by atoms with Crippen LogP contribution in [-0.4, -0.2) is 36.7 Å². The van der Waals surface area contributed by atoms with E-state index in [2.05, 4.69) is 4.72 Å². The van der Waals surface area contributed by atoms with Gasteiger partial charge in [0.25, 0.3) is 0 Å². The van der Waals surface area contributed by atoms with Gasteiger partial charge in [-0.25, -0.2) is 13.1 Å². The maximum Gasteiger partial charge on any atom is 0.303 e. The summed E-state index contributed by atoms with van der Waals surface area (Å²) in [5, 5.41) is 18.9. The van der Waals surface area contributed by atoms with Crippen LogP contribution in [-0.2, 0) is 14.8 Å². The molecule has 3 rings (SSSR count). The average molecular weight is 394 g/mol. The average Bonchev–Trinajstić information content (AvgIpc) is 3.16. The zero-order chi connectivity index (χ0) is 19.4. The van der Waals surface area contributed by atoms with Crippen molar-refractivity contribution in [3.8, 4) is 0 Å². The van der Waals surface area contributed by atoms with Gasteiger partial charge < -0.3 is 10.2 Å². The van der Waals surface area contributed by atoms with Crippen molar-refractivity contribution < 1.29 is 23.4 Å². The summed E-state index contributed by atoms with van der Waals surface area (Å²) in [6, 6.07) is 8.19. The first kappa shape index (κ1) is 20.0. The van der Waals surface area contributed by atoms with E-state index in [0.717, 1.165) is 6.42 Å². The molecule has 1 aromatic carbocycles. The first-order chi connectivity index (χ1) is 12.9. The first-order valence-electron chi connectivity index (χ1n) is 9.50. The molecular weight excluding hydrogens is 366 g/mol. The van der Waals surface area contributed by atoms with Crippen LogP contribution in [0, 0.1) is 17.8 Å². The summed E-state index contributed by atoms with van der Waals surface area (Å²) < 4.78 is 28.3. The Morgan fingerprint density at radius 1 is 1.19 bits per heavy atom. The van der Waals surface area contributed by atoms with Gasteiger partial charge in [-0.05, 0) is 62.0 Å². The number of fused-ring (bicyclic) bond motifs is 2. The van der Waals surface area contributed by atoms with Crippen LogP contribution in [0.2, 0.25) is 0 Å². The number of hydrogen-bond donors (Lipinski definition) is 3. The van der Waals surface area contributed by atoms with Gasteiger partial charge in [0.15, 0.2) is 0 Å². The SMILES string of the molecule is O=C(O)CCC/C=C\CC1C2CC(CC2O)C1NS(=O)(=O)c1ccccc1. The molecule has 5 unspecified atom stereocenters. The highest BCUT2D eigenvalue weighted by Crippen LogP contribution is 2.50. The van der Waals surface area contributed by atoms with Crippen molar-refractivity contribution in [1.29, 1.82) is 0 Å². The van der Waals surface area contributed by atoms with Crippen molar-refractivity contribution in [2.75, 3.05) is 0 Å². The van der Waals surface area contributed by atoms with E-state index in [0.29, 0.717) is 25.7 Å². The Labute approximate surface area is 160 Å². The van der Waals surface area contributed by atoms with Crippen molar-refractivity contribution in [2.45, 2.75) is 55.6 Å². The predicted octanol–water partition coefficient (Wildman–Crippen LogP) is 2.55. The number of unbranched alkanes of at least 4 members (excludes halogenated alkanes) is 1. The molecule has 0 aromatic heterocycles. The number of rotatable bonds is 9. The van der Waals surface area contributed by atoms with Crippen molar-refractivity contribution >= 4 is 16.0 Å². The van der Waals surface area contributed by atoms with Crippen molar-refractivity contribution in [3.05, 3.63) is 42.5 Å². The molecule has 2 saturated carbocycles. The smallest absolute Gasteiger partial charge is 0.303 e. The molecule has 27 heavy (non-hydrogen) atoms. The lowest BCUT2D eigenvalue weighted by molar-refractivity contribution is -0.137. The molecule has 0 spiro atoms. The number of hydrogen-bond acceptors (Lipinski definition) is 4. The van der Waals surface area contributed by atoms with Gasteiger partial charge in [0.1, 0.15) is 0 Å². The quantitative estimate of drug-likeness (QED) is 0.442. The van der Waals surface area contributed by atoms with E-state index < -0.39 is 16.0 Å². The standard InChI is InChI=1S/C20H27NO5S/c22-18-13-14-12-17(18)16(10-6-1-2-7-11-19(23)24)20(14)21-27(25,26)15-8-4-3-5-9-15/h1,3-6,8-9,14,16-18,20-22H,2,7,10-13H2,(H,23,24)/b6-1-. The van der Waals surface area contributed by atoms with Gasteiger partial charge in [-0.1, -0.05) is 30.4 Å². The molecule has 2 aliphatic rings. The fourth-order valence-electron chi connectivity index (χ4n) is 4.55. The monoisotopic (exact) mass is 393 g/mol. The summed E-state index contributed by atoms with van der Waals surface area (Å²) in [6.45, 7) is 0. The van der Waals surface area contributed by atoms with Crippen molar-refractivity contribution in [3.63, 3.8) is 0 Å². The van der Waals surface area contributed by atoms with Crippen LogP contribution in [0.1, 0.15) is 38.5 Å². The van der Waals surface area contributed by atoms with Gasteiger partial charge in [0.05, 0.1) is 11.0 Å². The molecule has 148 valence electrons. The molecule has 2 aliphatic carbocycles. The summed E-state index contributed by atoms with van der Waals surface area (Å²) in [6.07, 6.45) is 7.22. The second-order valence-electron chi connectivity index (χ2n) is 7.58. The summed E-state index contributed by atoms with van der Waals surface area (Å²) in [5.74, 6) is -0.459. The van der Waals surface area contributed by atoms with E-state index in [1.807, 2.05) is 12.2 Å². The summed E-state index contributed by atoms with van der Waals surface area (Å²) in [7, 11) is -3.59. The molecule has 2 fully saturated rings. The number of benzene rings is 1. The number of aliphatic hydroxyl groups is 1. The molecule has 0 saturated heterocycles. The van der Waals surface area contributed by atoms with E-state index in [9.17, 15) is 18.3 Å². The maximum atomic E-state index is 12.7. The Morgan fingerprint density at radius 3 is 2.63 bits per heavy atom. The second kappa shape index (κ2) is 8.54. The topological polar surface area (TPSA) is 104 Å². The molecule has 0 radical (unpaired) electrons. The Bertz CT molecular complexity index is 777. The van der Waals surface area contributed by atoms with E-state index in [4.69, 9.17) is 5.11 Å². The molecule has 0 aliphatic heterocycles. The van der Waals surface area contributed by atoms with E-state index >= 15 is 0 Å². The molecule has 6 nitrogen and oxygen atoms in total. The third kappa shape index (κ3) is 4.78. The van der Waals surface area contributed by atoms with Crippen LogP contribution >= 0.6 is 0 Å². The fourth-order valence-corrected chi connectivity index (χ4v) is 5.93. The van der Waals surface area contributed by atoms with Crippen LogP contribution in [0.5, 0.6) is 0 Å². The fraction of sp³-hybridized carbons (Fsp3) is 0.550. The summed E-state index contributed by atoms with van der Waals surface area (Å²) >= 11 is 0. The van der Waals surface area contributed by atoms with Gasteiger partial charge >= 0.3 is 5.97 Å². The minimum absolute atomic E-state index is 0.0629. The third-order valence-electron chi connectivity index (χ3n) is 5.81. The largest absolute Gasteiger partial charge is 0.481 e.